The lowest BCUT2D eigenvalue weighted by molar-refractivity contribution is -0.126. The van der Waals surface area contributed by atoms with E-state index in [0.29, 0.717) is 19.5 Å². The van der Waals surface area contributed by atoms with Crippen molar-refractivity contribution in [2.45, 2.75) is 44.8 Å². The van der Waals surface area contributed by atoms with Crippen molar-refractivity contribution in [2.75, 3.05) is 20.2 Å². The zero-order valence-corrected chi connectivity index (χ0v) is 18.0. The summed E-state index contributed by atoms with van der Waals surface area (Å²) < 4.78 is 6.37. The molecule has 1 aliphatic rings. The van der Waals surface area contributed by atoms with Crippen molar-refractivity contribution >= 4 is 22.8 Å². The van der Waals surface area contributed by atoms with Gasteiger partial charge in [0.1, 0.15) is 0 Å². The number of aromatic nitrogens is 4. The normalized spacial score (nSPS) is 19.2. The summed E-state index contributed by atoms with van der Waals surface area (Å²) in [6.07, 6.45) is 4.97. The number of carbonyl (C=O) groups is 2. The lowest BCUT2D eigenvalue weighted by atomic mass is 10.1. The van der Waals surface area contributed by atoms with E-state index in [1.54, 1.807) is 10.9 Å². The third-order valence-electron chi connectivity index (χ3n) is 5.93. The van der Waals surface area contributed by atoms with Crippen LogP contribution in [-0.4, -0.2) is 69.0 Å². The Labute approximate surface area is 180 Å². The van der Waals surface area contributed by atoms with E-state index in [2.05, 4.69) is 45.4 Å². The molecule has 2 aromatic heterocycles. The van der Waals surface area contributed by atoms with Gasteiger partial charge in [0.2, 0.25) is 5.91 Å². The quantitative estimate of drug-likeness (QED) is 0.562. The number of ether oxygens (including phenoxy) is 1. The highest BCUT2D eigenvalue weighted by molar-refractivity contribution is 5.86. The number of H-pyrrole nitrogens is 1. The van der Waals surface area contributed by atoms with Crippen LogP contribution in [0.5, 0.6) is 0 Å². The molecule has 3 heterocycles. The van der Waals surface area contributed by atoms with Gasteiger partial charge in [0.25, 0.3) is 0 Å². The molecule has 2 N–H and O–H groups in total. The molecule has 0 aliphatic carbocycles. The minimum absolute atomic E-state index is 0.0179. The lowest BCUT2D eigenvalue weighted by Crippen LogP contribution is -2.46. The molecule has 2 atom stereocenters. The van der Waals surface area contributed by atoms with Gasteiger partial charge in [-0.1, -0.05) is 23.4 Å². The van der Waals surface area contributed by atoms with Gasteiger partial charge in [0, 0.05) is 36.2 Å². The number of para-hydroxylation sites is 1. The number of hydrogen-bond donors (Lipinski definition) is 2. The molecule has 1 fully saturated rings. The first kappa shape index (κ1) is 21.0. The number of likely N-dealkylation sites (tertiary alicyclic amines) is 1. The molecule has 1 amide bonds. The fourth-order valence-corrected chi connectivity index (χ4v) is 4.29. The summed E-state index contributed by atoms with van der Waals surface area (Å²) in [4.78, 5) is 30.1. The summed E-state index contributed by atoms with van der Waals surface area (Å²) in [5.74, 6) is -0.499. The molecule has 0 radical (unpaired) electrons. The first-order chi connectivity index (χ1) is 15.0. The number of esters is 1. The fourth-order valence-electron chi connectivity index (χ4n) is 4.29. The molecule has 31 heavy (non-hydrogen) atoms. The molecule has 0 spiro atoms. The van der Waals surface area contributed by atoms with Crippen molar-refractivity contribution in [3.63, 3.8) is 0 Å². The molecule has 9 heteroatoms. The highest BCUT2D eigenvalue weighted by atomic mass is 16.5. The van der Waals surface area contributed by atoms with Gasteiger partial charge in [-0.05, 0) is 38.3 Å². The van der Waals surface area contributed by atoms with Crippen LogP contribution in [-0.2, 0) is 16.0 Å². The van der Waals surface area contributed by atoms with Gasteiger partial charge in [-0.2, -0.15) is 0 Å². The van der Waals surface area contributed by atoms with Crippen molar-refractivity contribution in [2.24, 2.45) is 0 Å². The van der Waals surface area contributed by atoms with Crippen LogP contribution >= 0.6 is 0 Å². The monoisotopic (exact) mass is 424 g/mol. The van der Waals surface area contributed by atoms with E-state index < -0.39 is 5.97 Å². The van der Waals surface area contributed by atoms with Crippen molar-refractivity contribution < 1.29 is 14.3 Å². The second-order valence-electron chi connectivity index (χ2n) is 8.17. The van der Waals surface area contributed by atoms with Crippen molar-refractivity contribution in [1.82, 2.24) is 30.2 Å². The minimum atomic E-state index is -0.517. The molecular weight excluding hydrogens is 396 g/mol. The van der Waals surface area contributed by atoms with Crippen molar-refractivity contribution in [3.05, 3.63) is 47.9 Å². The topological polar surface area (TPSA) is 105 Å². The van der Waals surface area contributed by atoms with Gasteiger partial charge in [0.05, 0.1) is 25.4 Å². The van der Waals surface area contributed by atoms with E-state index in [9.17, 15) is 9.59 Å². The molecule has 0 bridgehead atoms. The summed E-state index contributed by atoms with van der Waals surface area (Å²) in [6.45, 7) is 5.40. The number of nitrogens with zero attached hydrogens (tertiary/aromatic N) is 4. The standard InChI is InChI=1S/C22H28N6O3/c1-14(2)27-12-16(28-13-19(25-26-28)22(30)31-3)10-20(27)21(29)23-9-8-15-11-24-18-7-5-4-6-17(15)18/h4-7,11,13-14,16,20,24H,8-10,12H2,1-3H3,(H,23,29)/t16-,20-/m0/s1. The van der Waals surface area contributed by atoms with E-state index >= 15 is 0 Å². The van der Waals surface area contributed by atoms with Crippen LogP contribution in [0.15, 0.2) is 36.7 Å². The number of nitrogens with one attached hydrogen (secondary N) is 2. The number of rotatable bonds is 7. The summed E-state index contributed by atoms with van der Waals surface area (Å²) in [6, 6.07) is 8.09. The van der Waals surface area contributed by atoms with E-state index in [1.165, 1.54) is 18.1 Å². The third kappa shape index (κ3) is 4.32. The highest BCUT2D eigenvalue weighted by Crippen LogP contribution is 2.29. The van der Waals surface area contributed by atoms with E-state index in [4.69, 9.17) is 4.74 Å². The Kier molecular flexibility index (Phi) is 6.03. The average molecular weight is 425 g/mol. The summed E-state index contributed by atoms with van der Waals surface area (Å²) >= 11 is 0. The summed E-state index contributed by atoms with van der Waals surface area (Å²) in [7, 11) is 1.31. The molecule has 1 aliphatic heterocycles. The van der Waals surface area contributed by atoms with Crippen LogP contribution in [0.3, 0.4) is 0 Å². The average Bonchev–Trinajstić information content (AvgIpc) is 3.51. The summed E-state index contributed by atoms with van der Waals surface area (Å²) in [5.41, 5.74) is 2.47. The second kappa shape index (κ2) is 8.89. The van der Waals surface area contributed by atoms with E-state index in [0.717, 1.165) is 11.9 Å². The van der Waals surface area contributed by atoms with Crippen LogP contribution in [0, 0.1) is 0 Å². The van der Waals surface area contributed by atoms with Crippen LogP contribution in [0.1, 0.15) is 42.4 Å². The first-order valence-electron chi connectivity index (χ1n) is 10.6. The molecule has 9 nitrogen and oxygen atoms in total. The van der Waals surface area contributed by atoms with Gasteiger partial charge in [0.15, 0.2) is 5.69 Å². The molecule has 0 saturated carbocycles. The number of hydrogen-bond acceptors (Lipinski definition) is 6. The van der Waals surface area contributed by atoms with Crippen LogP contribution in [0.4, 0.5) is 0 Å². The number of amides is 1. The number of benzene rings is 1. The summed E-state index contributed by atoms with van der Waals surface area (Å²) in [5, 5.41) is 12.3. The van der Waals surface area contributed by atoms with Gasteiger partial charge in [-0.25, -0.2) is 9.48 Å². The highest BCUT2D eigenvalue weighted by Gasteiger charge is 2.39. The zero-order chi connectivity index (χ0) is 22.0. The maximum Gasteiger partial charge on any atom is 0.360 e. The molecule has 4 rings (SSSR count). The predicted octanol–water partition coefficient (Wildman–Crippen LogP) is 1.93. The molecule has 1 saturated heterocycles. The van der Waals surface area contributed by atoms with Crippen LogP contribution in [0.25, 0.3) is 10.9 Å². The Morgan fingerprint density at radius 1 is 1.32 bits per heavy atom. The maximum absolute atomic E-state index is 13.0. The maximum atomic E-state index is 13.0. The molecule has 164 valence electrons. The SMILES string of the molecule is COC(=O)c1cn([C@H]2C[C@@H](C(=O)NCCc3c[nH]c4ccccc34)N(C(C)C)C2)nn1. The van der Waals surface area contributed by atoms with E-state index in [1.807, 2.05) is 24.4 Å². The molecule has 1 aromatic carbocycles. The van der Waals surface area contributed by atoms with Crippen LogP contribution < -0.4 is 5.32 Å². The Morgan fingerprint density at radius 3 is 2.90 bits per heavy atom. The van der Waals surface area contributed by atoms with Gasteiger partial charge in [-0.15, -0.1) is 5.10 Å². The molecule has 0 unspecified atom stereocenters. The Hall–Kier alpha value is -3.20. The molecule has 3 aromatic rings. The largest absolute Gasteiger partial charge is 0.464 e. The Morgan fingerprint density at radius 2 is 2.13 bits per heavy atom. The Balaban J connectivity index is 1.39. The van der Waals surface area contributed by atoms with Crippen LogP contribution in [0.2, 0.25) is 0 Å². The minimum Gasteiger partial charge on any atom is -0.464 e. The third-order valence-corrected chi connectivity index (χ3v) is 5.93. The molecular formula is C22H28N6O3. The zero-order valence-electron chi connectivity index (χ0n) is 18.0. The van der Waals surface area contributed by atoms with E-state index in [-0.39, 0.29) is 29.7 Å². The predicted molar refractivity (Wildman–Crippen MR) is 116 cm³/mol. The van der Waals surface area contributed by atoms with Gasteiger partial charge in [-0.3, -0.25) is 9.69 Å². The number of carbonyl (C=O) groups excluding carboxylic acids is 2. The number of methoxy groups -OCH3 is 1. The first-order valence-corrected chi connectivity index (χ1v) is 10.6. The lowest BCUT2D eigenvalue weighted by Gasteiger charge is -2.27. The second-order valence-corrected chi connectivity index (χ2v) is 8.17. The smallest absolute Gasteiger partial charge is 0.360 e. The Bertz CT molecular complexity index is 1070. The number of aromatic amines is 1. The number of fused-ring (bicyclic) bond motifs is 1. The van der Waals surface area contributed by atoms with Gasteiger partial charge >= 0.3 is 5.97 Å². The van der Waals surface area contributed by atoms with Gasteiger partial charge < -0.3 is 15.0 Å². The van der Waals surface area contributed by atoms with Crippen molar-refractivity contribution in [1.29, 1.82) is 0 Å². The fraction of sp³-hybridized carbons (Fsp3) is 0.455. The van der Waals surface area contributed by atoms with Crippen molar-refractivity contribution in [3.8, 4) is 0 Å².